The van der Waals surface area contributed by atoms with Gasteiger partial charge in [0, 0.05) is 18.0 Å². The standard InChI is InChI=1S/C28H33NO3/c1-3-32-24-17-15-23(16-18-24)28(30,25-13-7-8-14-27(25)31-2)26(21-29-19-9-10-20-29)22-11-5-4-6-12-22/h4-8,11-18,26,30H,3,9-10,19-21H2,1-2H3/t26-,28+/m1/s1. The van der Waals surface area contributed by atoms with Gasteiger partial charge in [-0.2, -0.15) is 0 Å². The van der Waals surface area contributed by atoms with Crippen LogP contribution in [0.1, 0.15) is 42.4 Å². The van der Waals surface area contributed by atoms with Gasteiger partial charge in [0.25, 0.3) is 0 Å². The van der Waals surface area contributed by atoms with Gasteiger partial charge in [-0.05, 0) is 62.2 Å². The molecule has 0 aromatic heterocycles. The van der Waals surface area contributed by atoms with Crippen molar-refractivity contribution in [1.29, 1.82) is 0 Å². The van der Waals surface area contributed by atoms with Crippen LogP contribution in [0.25, 0.3) is 0 Å². The van der Waals surface area contributed by atoms with Gasteiger partial charge in [0.05, 0.1) is 13.7 Å². The molecule has 32 heavy (non-hydrogen) atoms. The Balaban J connectivity index is 1.89. The van der Waals surface area contributed by atoms with Crippen LogP contribution in [0.5, 0.6) is 11.5 Å². The summed E-state index contributed by atoms with van der Waals surface area (Å²) in [6.45, 7) is 5.48. The Morgan fingerprint density at radius 2 is 1.56 bits per heavy atom. The van der Waals surface area contributed by atoms with Crippen molar-refractivity contribution in [3.8, 4) is 11.5 Å². The molecular formula is C28H33NO3. The molecule has 2 atom stereocenters. The third kappa shape index (κ3) is 4.52. The van der Waals surface area contributed by atoms with Gasteiger partial charge >= 0.3 is 0 Å². The van der Waals surface area contributed by atoms with Crippen molar-refractivity contribution >= 4 is 0 Å². The second-order valence-corrected chi connectivity index (χ2v) is 8.40. The summed E-state index contributed by atoms with van der Waals surface area (Å²) < 4.78 is 11.4. The van der Waals surface area contributed by atoms with Crippen LogP contribution in [0.3, 0.4) is 0 Å². The monoisotopic (exact) mass is 431 g/mol. The van der Waals surface area contributed by atoms with Crippen LogP contribution >= 0.6 is 0 Å². The lowest BCUT2D eigenvalue weighted by Crippen LogP contribution is -2.41. The number of aliphatic hydroxyl groups is 1. The molecule has 1 aliphatic rings. The number of rotatable bonds is 9. The first-order valence-electron chi connectivity index (χ1n) is 11.5. The average molecular weight is 432 g/mol. The Morgan fingerprint density at radius 3 is 2.22 bits per heavy atom. The maximum absolute atomic E-state index is 12.7. The summed E-state index contributed by atoms with van der Waals surface area (Å²) >= 11 is 0. The zero-order chi connectivity index (χ0) is 22.4. The van der Waals surface area contributed by atoms with Crippen LogP contribution < -0.4 is 9.47 Å². The fraction of sp³-hybridized carbons (Fsp3) is 0.357. The molecule has 0 aliphatic carbocycles. The molecule has 0 spiro atoms. The number of benzene rings is 3. The molecule has 168 valence electrons. The molecule has 4 rings (SSSR count). The summed E-state index contributed by atoms with van der Waals surface area (Å²) in [5.74, 6) is 1.32. The van der Waals surface area contributed by atoms with E-state index in [1.54, 1.807) is 7.11 Å². The molecule has 1 N–H and O–H groups in total. The first kappa shape index (κ1) is 22.4. The topological polar surface area (TPSA) is 41.9 Å². The van der Waals surface area contributed by atoms with Gasteiger partial charge in [-0.3, -0.25) is 0 Å². The highest BCUT2D eigenvalue weighted by Gasteiger charge is 2.44. The predicted molar refractivity (Wildman–Crippen MR) is 128 cm³/mol. The van der Waals surface area contributed by atoms with Gasteiger partial charge in [0.15, 0.2) is 0 Å². The first-order chi connectivity index (χ1) is 15.7. The van der Waals surface area contributed by atoms with Gasteiger partial charge in [0.2, 0.25) is 0 Å². The van der Waals surface area contributed by atoms with E-state index >= 15 is 0 Å². The lowest BCUT2D eigenvalue weighted by molar-refractivity contribution is 0.0344. The Hall–Kier alpha value is -2.82. The smallest absolute Gasteiger partial charge is 0.126 e. The third-order valence-corrected chi connectivity index (χ3v) is 6.47. The van der Waals surface area contributed by atoms with E-state index in [1.165, 1.54) is 12.8 Å². The maximum atomic E-state index is 12.7. The molecular weight excluding hydrogens is 398 g/mol. The Kier molecular flexibility index (Phi) is 7.13. The Labute approximate surface area is 191 Å². The molecule has 3 aromatic carbocycles. The van der Waals surface area contributed by atoms with E-state index in [1.807, 2.05) is 73.7 Å². The van der Waals surface area contributed by atoms with E-state index in [4.69, 9.17) is 9.47 Å². The van der Waals surface area contributed by atoms with E-state index in [0.29, 0.717) is 12.4 Å². The van der Waals surface area contributed by atoms with Crippen molar-refractivity contribution in [2.45, 2.75) is 31.3 Å². The van der Waals surface area contributed by atoms with Gasteiger partial charge in [-0.15, -0.1) is 0 Å². The molecule has 4 nitrogen and oxygen atoms in total. The van der Waals surface area contributed by atoms with Crippen LogP contribution in [-0.2, 0) is 5.60 Å². The highest BCUT2D eigenvalue weighted by molar-refractivity contribution is 5.49. The van der Waals surface area contributed by atoms with Crippen molar-refractivity contribution in [3.63, 3.8) is 0 Å². The minimum atomic E-state index is -1.28. The van der Waals surface area contributed by atoms with E-state index in [0.717, 1.165) is 42.1 Å². The lowest BCUT2D eigenvalue weighted by atomic mass is 9.72. The number of likely N-dealkylation sites (tertiary alicyclic amines) is 1. The molecule has 0 radical (unpaired) electrons. The number of hydrogen-bond acceptors (Lipinski definition) is 4. The summed E-state index contributed by atoms with van der Waals surface area (Å²) in [5, 5.41) is 12.7. The third-order valence-electron chi connectivity index (χ3n) is 6.47. The van der Waals surface area contributed by atoms with Gasteiger partial charge in [-0.1, -0.05) is 60.7 Å². The number of methoxy groups -OCH3 is 1. The average Bonchev–Trinajstić information content (AvgIpc) is 3.37. The fourth-order valence-electron chi connectivity index (χ4n) is 4.86. The summed E-state index contributed by atoms with van der Waals surface area (Å²) in [7, 11) is 1.66. The van der Waals surface area contributed by atoms with Crippen LogP contribution in [0, 0.1) is 0 Å². The summed E-state index contributed by atoms with van der Waals surface area (Å²) in [6.07, 6.45) is 2.41. The van der Waals surface area contributed by atoms with Gasteiger partial charge in [-0.25, -0.2) is 0 Å². The zero-order valence-electron chi connectivity index (χ0n) is 19.0. The highest BCUT2D eigenvalue weighted by atomic mass is 16.5. The normalized spacial score (nSPS) is 17.0. The van der Waals surface area contributed by atoms with Crippen LogP contribution in [-0.4, -0.2) is 43.4 Å². The Morgan fingerprint density at radius 1 is 0.906 bits per heavy atom. The molecule has 1 saturated heterocycles. The SMILES string of the molecule is CCOc1ccc([C@](O)(c2ccccc2OC)[C@H](CN2CCCC2)c2ccccc2)cc1. The fourth-order valence-corrected chi connectivity index (χ4v) is 4.86. The van der Waals surface area contributed by atoms with Crippen LogP contribution in [0.2, 0.25) is 0 Å². The molecule has 4 heteroatoms. The molecule has 0 saturated carbocycles. The van der Waals surface area contributed by atoms with E-state index in [-0.39, 0.29) is 5.92 Å². The molecule has 3 aromatic rings. The van der Waals surface area contributed by atoms with E-state index in [9.17, 15) is 5.11 Å². The summed E-state index contributed by atoms with van der Waals surface area (Å²) in [4.78, 5) is 2.46. The number of ether oxygens (including phenoxy) is 2. The number of hydrogen-bond donors (Lipinski definition) is 1. The largest absolute Gasteiger partial charge is 0.496 e. The maximum Gasteiger partial charge on any atom is 0.126 e. The summed E-state index contributed by atoms with van der Waals surface area (Å²) in [6, 6.07) is 26.0. The van der Waals surface area contributed by atoms with Crippen molar-refractivity contribution in [2.24, 2.45) is 0 Å². The van der Waals surface area contributed by atoms with E-state index < -0.39 is 5.60 Å². The van der Waals surface area contributed by atoms with Gasteiger partial charge in [0.1, 0.15) is 17.1 Å². The Bertz CT molecular complexity index is 983. The molecule has 1 heterocycles. The molecule has 1 fully saturated rings. The number of nitrogens with zero attached hydrogens (tertiary/aromatic N) is 1. The predicted octanol–water partition coefficient (Wildman–Crippen LogP) is 5.21. The second kappa shape index (κ2) is 10.2. The van der Waals surface area contributed by atoms with Crippen molar-refractivity contribution in [2.75, 3.05) is 33.4 Å². The van der Waals surface area contributed by atoms with Gasteiger partial charge < -0.3 is 19.5 Å². The van der Waals surface area contributed by atoms with E-state index in [2.05, 4.69) is 17.0 Å². The minimum absolute atomic E-state index is 0.170. The first-order valence-corrected chi connectivity index (χ1v) is 11.5. The zero-order valence-corrected chi connectivity index (χ0v) is 19.0. The highest BCUT2D eigenvalue weighted by Crippen LogP contribution is 2.46. The minimum Gasteiger partial charge on any atom is -0.496 e. The quantitative estimate of drug-likeness (QED) is 0.505. The van der Waals surface area contributed by atoms with Crippen molar-refractivity contribution in [1.82, 2.24) is 4.90 Å². The van der Waals surface area contributed by atoms with Crippen LogP contribution in [0.4, 0.5) is 0 Å². The van der Waals surface area contributed by atoms with Crippen molar-refractivity contribution < 1.29 is 14.6 Å². The van der Waals surface area contributed by atoms with Crippen LogP contribution in [0.15, 0.2) is 78.9 Å². The van der Waals surface area contributed by atoms with Crippen molar-refractivity contribution in [3.05, 3.63) is 95.6 Å². The number of para-hydroxylation sites is 1. The molecule has 1 aliphatic heterocycles. The second-order valence-electron chi connectivity index (χ2n) is 8.40. The lowest BCUT2D eigenvalue weighted by Gasteiger charge is -2.40. The summed E-state index contributed by atoms with van der Waals surface area (Å²) in [5.41, 5.74) is 1.45. The molecule has 0 amide bonds. The molecule has 0 unspecified atom stereocenters. The molecule has 0 bridgehead atoms.